The standard InChI is InChI=1S/C18H22ClNO/c1-13(2)11-20-12-15-5-7-16(8-6-15)21-18-9-4-14(3)10-17(18)19/h4-10,13,20H,11-12H2,1-3H3. The molecule has 0 unspecified atom stereocenters. The lowest BCUT2D eigenvalue weighted by molar-refractivity contribution is 0.482. The maximum Gasteiger partial charge on any atom is 0.146 e. The first-order chi connectivity index (χ1) is 10.0. The van der Waals surface area contributed by atoms with E-state index >= 15 is 0 Å². The van der Waals surface area contributed by atoms with Crippen LogP contribution in [0.2, 0.25) is 5.02 Å². The van der Waals surface area contributed by atoms with E-state index in [4.69, 9.17) is 16.3 Å². The van der Waals surface area contributed by atoms with E-state index in [-0.39, 0.29) is 0 Å². The Bertz CT molecular complexity index is 578. The van der Waals surface area contributed by atoms with Gasteiger partial charge in [-0.1, -0.05) is 43.6 Å². The number of rotatable bonds is 6. The summed E-state index contributed by atoms with van der Waals surface area (Å²) in [6.07, 6.45) is 0. The molecule has 112 valence electrons. The Morgan fingerprint density at radius 2 is 1.81 bits per heavy atom. The lowest BCUT2D eigenvalue weighted by Crippen LogP contribution is -2.18. The molecule has 0 bridgehead atoms. The number of nitrogens with one attached hydrogen (secondary N) is 1. The van der Waals surface area contributed by atoms with Crippen LogP contribution in [0.4, 0.5) is 0 Å². The maximum absolute atomic E-state index is 6.17. The summed E-state index contributed by atoms with van der Waals surface area (Å²) in [6, 6.07) is 13.9. The van der Waals surface area contributed by atoms with Gasteiger partial charge in [0.25, 0.3) is 0 Å². The van der Waals surface area contributed by atoms with E-state index in [9.17, 15) is 0 Å². The Hall–Kier alpha value is -1.51. The van der Waals surface area contributed by atoms with Gasteiger partial charge in [0.2, 0.25) is 0 Å². The number of hydrogen-bond acceptors (Lipinski definition) is 2. The zero-order valence-electron chi connectivity index (χ0n) is 12.8. The van der Waals surface area contributed by atoms with E-state index < -0.39 is 0 Å². The van der Waals surface area contributed by atoms with Gasteiger partial charge in [-0.3, -0.25) is 0 Å². The number of aryl methyl sites for hydroxylation is 1. The molecule has 0 aliphatic rings. The Balaban J connectivity index is 1.95. The second kappa shape index (κ2) is 7.48. The van der Waals surface area contributed by atoms with E-state index in [1.165, 1.54) is 5.56 Å². The third kappa shape index (κ3) is 5.07. The molecule has 0 aromatic heterocycles. The summed E-state index contributed by atoms with van der Waals surface area (Å²) in [7, 11) is 0. The zero-order chi connectivity index (χ0) is 15.2. The minimum Gasteiger partial charge on any atom is -0.456 e. The molecule has 0 radical (unpaired) electrons. The molecule has 0 amide bonds. The first-order valence-electron chi connectivity index (χ1n) is 7.28. The van der Waals surface area contributed by atoms with Gasteiger partial charge in [-0.2, -0.15) is 0 Å². The van der Waals surface area contributed by atoms with Crippen LogP contribution in [0.25, 0.3) is 0 Å². The number of benzene rings is 2. The molecule has 21 heavy (non-hydrogen) atoms. The summed E-state index contributed by atoms with van der Waals surface area (Å²) in [5.41, 5.74) is 2.37. The monoisotopic (exact) mass is 303 g/mol. The van der Waals surface area contributed by atoms with E-state index in [0.717, 1.165) is 24.4 Å². The van der Waals surface area contributed by atoms with Crippen molar-refractivity contribution in [3.63, 3.8) is 0 Å². The summed E-state index contributed by atoms with van der Waals surface area (Å²) in [4.78, 5) is 0. The van der Waals surface area contributed by atoms with Gasteiger partial charge < -0.3 is 10.1 Å². The lowest BCUT2D eigenvalue weighted by atomic mass is 10.2. The molecule has 0 heterocycles. The van der Waals surface area contributed by atoms with E-state index in [2.05, 4.69) is 31.3 Å². The van der Waals surface area contributed by atoms with Gasteiger partial charge in [-0.25, -0.2) is 0 Å². The van der Waals surface area contributed by atoms with Crippen molar-refractivity contribution in [3.05, 3.63) is 58.6 Å². The normalized spacial score (nSPS) is 10.9. The third-order valence-electron chi connectivity index (χ3n) is 3.12. The quantitative estimate of drug-likeness (QED) is 0.793. The van der Waals surface area contributed by atoms with Gasteiger partial charge in [0.15, 0.2) is 0 Å². The summed E-state index contributed by atoms with van der Waals surface area (Å²) in [5, 5.41) is 4.06. The first kappa shape index (κ1) is 15.9. The molecule has 2 aromatic rings. The van der Waals surface area contributed by atoms with E-state index in [0.29, 0.717) is 16.7 Å². The van der Waals surface area contributed by atoms with Crippen LogP contribution in [-0.4, -0.2) is 6.54 Å². The molecule has 2 aromatic carbocycles. The van der Waals surface area contributed by atoms with Crippen molar-refractivity contribution >= 4 is 11.6 Å². The number of ether oxygens (including phenoxy) is 1. The fourth-order valence-electron chi connectivity index (χ4n) is 2.00. The van der Waals surface area contributed by atoms with Crippen molar-refractivity contribution in [3.8, 4) is 11.5 Å². The van der Waals surface area contributed by atoms with Gasteiger partial charge >= 0.3 is 0 Å². The summed E-state index contributed by atoms with van der Waals surface area (Å²) in [6.45, 7) is 8.32. The Morgan fingerprint density at radius 3 is 2.43 bits per heavy atom. The minimum absolute atomic E-state index is 0.637. The predicted molar refractivity (Wildman–Crippen MR) is 89.2 cm³/mol. The Kier molecular flexibility index (Phi) is 5.66. The molecule has 0 spiro atoms. The van der Waals surface area contributed by atoms with Crippen LogP contribution >= 0.6 is 11.6 Å². The zero-order valence-corrected chi connectivity index (χ0v) is 13.6. The van der Waals surface area contributed by atoms with Crippen LogP contribution in [0, 0.1) is 12.8 Å². The molecule has 0 aliphatic carbocycles. The highest BCUT2D eigenvalue weighted by Crippen LogP contribution is 2.30. The minimum atomic E-state index is 0.637. The van der Waals surface area contributed by atoms with E-state index in [1.54, 1.807) is 0 Å². The molecule has 0 fully saturated rings. The molecule has 2 rings (SSSR count). The largest absolute Gasteiger partial charge is 0.456 e. The highest BCUT2D eigenvalue weighted by atomic mass is 35.5. The van der Waals surface area contributed by atoms with Gasteiger partial charge in [0.05, 0.1) is 5.02 Å². The number of hydrogen-bond donors (Lipinski definition) is 1. The van der Waals surface area contributed by atoms with Crippen molar-refractivity contribution in [1.82, 2.24) is 5.32 Å². The van der Waals surface area contributed by atoms with Crippen LogP contribution in [-0.2, 0) is 6.54 Å². The SMILES string of the molecule is Cc1ccc(Oc2ccc(CNCC(C)C)cc2)c(Cl)c1. The first-order valence-corrected chi connectivity index (χ1v) is 7.66. The Morgan fingerprint density at radius 1 is 1.10 bits per heavy atom. The smallest absolute Gasteiger partial charge is 0.146 e. The second-order valence-electron chi connectivity index (χ2n) is 5.70. The van der Waals surface area contributed by atoms with Crippen molar-refractivity contribution in [1.29, 1.82) is 0 Å². The predicted octanol–water partition coefficient (Wildman–Crippen LogP) is 5.19. The van der Waals surface area contributed by atoms with Crippen molar-refractivity contribution in [2.45, 2.75) is 27.3 Å². The molecule has 2 nitrogen and oxygen atoms in total. The van der Waals surface area contributed by atoms with Crippen LogP contribution in [0.15, 0.2) is 42.5 Å². The van der Waals surface area contributed by atoms with Crippen LogP contribution < -0.4 is 10.1 Å². The topological polar surface area (TPSA) is 21.3 Å². The van der Waals surface area contributed by atoms with Crippen LogP contribution in [0.3, 0.4) is 0 Å². The molecule has 0 atom stereocenters. The number of halogens is 1. The molecule has 1 N–H and O–H groups in total. The highest BCUT2D eigenvalue weighted by Gasteiger charge is 2.03. The average molecular weight is 304 g/mol. The Labute approximate surface area is 132 Å². The van der Waals surface area contributed by atoms with Gasteiger partial charge in [-0.05, 0) is 54.8 Å². The molecule has 0 saturated heterocycles. The molecular formula is C18H22ClNO. The molecular weight excluding hydrogens is 282 g/mol. The van der Waals surface area contributed by atoms with Gasteiger partial charge in [0, 0.05) is 6.54 Å². The van der Waals surface area contributed by atoms with Crippen LogP contribution in [0.5, 0.6) is 11.5 Å². The van der Waals surface area contributed by atoms with Crippen molar-refractivity contribution in [2.75, 3.05) is 6.54 Å². The second-order valence-corrected chi connectivity index (χ2v) is 6.11. The fraction of sp³-hybridized carbons (Fsp3) is 0.333. The summed E-state index contributed by atoms with van der Waals surface area (Å²) in [5.74, 6) is 2.15. The average Bonchev–Trinajstić information content (AvgIpc) is 2.43. The van der Waals surface area contributed by atoms with Crippen LogP contribution in [0.1, 0.15) is 25.0 Å². The maximum atomic E-state index is 6.17. The molecule has 3 heteroatoms. The van der Waals surface area contributed by atoms with Gasteiger partial charge in [0.1, 0.15) is 11.5 Å². The highest BCUT2D eigenvalue weighted by molar-refractivity contribution is 6.32. The van der Waals surface area contributed by atoms with Gasteiger partial charge in [-0.15, -0.1) is 0 Å². The molecule has 0 aliphatic heterocycles. The van der Waals surface area contributed by atoms with Crippen molar-refractivity contribution in [2.24, 2.45) is 5.92 Å². The third-order valence-corrected chi connectivity index (χ3v) is 3.42. The fourth-order valence-corrected chi connectivity index (χ4v) is 2.27. The van der Waals surface area contributed by atoms with Crippen molar-refractivity contribution < 1.29 is 4.74 Å². The summed E-state index contributed by atoms with van der Waals surface area (Å²) >= 11 is 6.17. The summed E-state index contributed by atoms with van der Waals surface area (Å²) < 4.78 is 5.81. The molecule has 0 saturated carbocycles. The lowest BCUT2D eigenvalue weighted by Gasteiger charge is -2.10. The van der Waals surface area contributed by atoms with E-state index in [1.807, 2.05) is 37.3 Å².